The molecule has 1 aliphatic heterocycles. The third kappa shape index (κ3) is 7.56. The molecule has 40 heavy (non-hydrogen) atoms. The average molecular weight is 563 g/mol. The van der Waals surface area contributed by atoms with Crippen molar-refractivity contribution in [1.29, 1.82) is 0 Å². The minimum atomic E-state index is -1.72. The van der Waals surface area contributed by atoms with Gasteiger partial charge in [0, 0.05) is 38.6 Å². The summed E-state index contributed by atoms with van der Waals surface area (Å²) in [7, 11) is 1.22. The first-order valence-corrected chi connectivity index (χ1v) is 11.7. The first kappa shape index (κ1) is 24.6. The molecule has 0 amide bonds. The Kier molecular flexibility index (Phi) is 8.33. The standard InChI is InChI=1S/C28H30O12/c1-15(29)35-14-23-24(36-16(2)30)25(37-17(3)31)26(38-18(4)32)28(40-23)39-22-13-9-8-11-20(22)19-10-6-7-12-21(19)27(33)34-5/h6-13,23-26,28H,14H2,1-5H3/t23-,24-,25+,26+,28?/m1/s1/i1D,2D,3D,4D. The van der Waals surface area contributed by atoms with Crippen LogP contribution < -0.4 is 4.74 Å². The number of methoxy groups -OCH3 is 1. The van der Waals surface area contributed by atoms with Gasteiger partial charge in [-0.05, 0) is 17.7 Å². The molecule has 1 heterocycles. The highest BCUT2D eigenvalue weighted by atomic mass is 16.7. The third-order valence-corrected chi connectivity index (χ3v) is 5.56. The van der Waals surface area contributed by atoms with Crippen molar-refractivity contribution in [2.24, 2.45) is 0 Å². The van der Waals surface area contributed by atoms with Crippen molar-refractivity contribution in [3.63, 3.8) is 0 Å². The summed E-state index contributed by atoms with van der Waals surface area (Å²) in [6.45, 7) is -4.01. The minimum Gasteiger partial charge on any atom is -0.465 e. The van der Waals surface area contributed by atoms with Gasteiger partial charge in [0.05, 0.1) is 12.7 Å². The Morgan fingerprint density at radius 3 is 1.98 bits per heavy atom. The molecule has 0 radical (unpaired) electrons. The van der Waals surface area contributed by atoms with E-state index in [9.17, 15) is 24.0 Å². The maximum atomic E-state index is 12.5. The molecule has 1 fully saturated rings. The number of benzene rings is 2. The average Bonchev–Trinajstić information content (AvgIpc) is 3.05. The highest BCUT2D eigenvalue weighted by Gasteiger charge is 2.53. The van der Waals surface area contributed by atoms with Gasteiger partial charge in [-0.3, -0.25) is 19.2 Å². The van der Waals surface area contributed by atoms with Crippen LogP contribution in [0.4, 0.5) is 0 Å². The van der Waals surface area contributed by atoms with Crippen molar-refractivity contribution in [3.05, 3.63) is 54.1 Å². The van der Waals surface area contributed by atoms with Crippen LogP contribution in [0.2, 0.25) is 0 Å². The highest BCUT2D eigenvalue weighted by Crippen LogP contribution is 2.36. The summed E-state index contributed by atoms with van der Waals surface area (Å²) in [6, 6.07) is 12.8. The van der Waals surface area contributed by atoms with Gasteiger partial charge in [0.25, 0.3) is 0 Å². The van der Waals surface area contributed by atoms with Crippen molar-refractivity contribution in [1.82, 2.24) is 0 Å². The molecule has 0 N–H and O–H groups in total. The number of hydrogen-bond acceptors (Lipinski definition) is 12. The lowest BCUT2D eigenvalue weighted by molar-refractivity contribution is -0.288. The molecular weight excluding hydrogens is 528 g/mol. The molecule has 0 aliphatic carbocycles. The predicted octanol–water partition coefficient (Wildman–Crippen LogP) is 2.60. The van der Waals surface area contributed by atoms with Crippen LogP contribution in [0.15, 0.2) is 48.5 Å². The van der Waals surface area contributed by atoms with E-state index < -0.39 is 94.8 Å². The largest absolute Gasteiger partial charge is 0.465 e. The molecule has 3 rings (SSSR count). The first-order chi connectivity index (χ1) is 21.2. The normalized spacial score (nSPS) is 23.2. The summed E-state index contributed by atoms with van der Waals surface area (Å²) >= 11 is 0. The molecular formula is C28H30O12. The molecule has 1 saturated heterocycles. The Balaban J connectivity index is 2.13. The smallest absolute Gasteiger partial charge is 0.338 e. The van der Waals surface area contributed by atoms with E-state index in [4.69, 9.17) is 38.6 Å². The topological polar surface area (TPSA) is 150 Å². The van der Waals surface area contributed by atoms with Gasteiger partial charge >= 0.3 is 29.8 Å². The van der Waals surface area contributed by atoms with Gasteiger partial charge in [-0.25, -0.2) is 4.79 Å². The van der Waals surface area contributed by atoms with E-state index in [-0.39, 0.29) is 11.3 Å². The Hall–Kier alpha value is -4.45. The van der Waals surface area contributed by atoms with Crippen molar-refractivity contribution in [3.8, 4) is 16.9 Å². The number of para-hydroxylation sites is 1. The lowest BCUT2D eigenvalue weighted by Gasteiger charge is -2.44. The molecule has 5 atom stereocenters. The Morgan fingerprint density at radius 1 is 0.750 bits per heavy atom. The van der Waals surface area contributed by atoms with Crippen molar-refractivity contribution >= 4 is 29.8 Å². The Morgan fingerprint density at radius 2 is 1.32 bits per heavy atom. The molecule has 1 aliphatic rings. The molecule has 12 nitrogen and oxygen atoms in total. The maximum Gasteiger partial charge on any atom is 0.338 e. The fraction of sp³-hybridized carbons (Fsp3) is 0.393. The van der Waals surface area contributed by atoms with Crippen molar-refractivity contribution < 1.29 is 62.6 Å². The van der Waals surface area contributed by atoms with E-state index in [1.54, 1.807) is 36.4 Å². The van der Waals surface area contributed by atoms with Crippen LogP contribution in [-0.4, -0.2) is 74.3 Å². The van der Waals surface area contributed by atoms with Crippen LogP contribution in [0.1, 0.15) is 43.4 Å². The van der Waals surface area contributed by atoms with Gasteiger partial charge in [0.15, 0.2) is 12.2 Å². The molecule has 1 unspecified atom stereocenters. The van der Waals surface area contributed by atoms with Crippen LogP contribution in [0.5, 0.6) is 5.75 Å². The lowest BCUT2D eigenvalue weighted by atomic mass is 9.97. The van der Waals surface area contributed by atoms with Crippen LogP contribution in [0.3, 0.4) is 0 Å². The number of carbonyl (C=O) groups is 5. The van der Waals surface area contributed by atoms with Crippen LogP contribution in [0.25, 0.3) is 11.1 Å². The van der Waals surface area contributed by atoms with Crippen LogP contribution in [-0.2, 0) is 47.6 Å². The molecule has 0 saturated carbocycles. The summed E-state index contributed by atoms with van der Waals surface area (Å²) in [5, 5.41) is 0. The second-order valence-corrected chi connectivity index (χ2v) is 8.24. The quantitative estimate of drug-likeness (QED) is 0.326. The summed E-state index contributed by atoms with van der Waals surface area (Å²) in [6.07, 6.45) is -8.19. The highest BCUT2D eigenvalue weighted by molar-refractivity contribution is 5.98. The van der Waals surface area contributed by atoms with Gasteiger partial charge in [0.1, 0.15) is 18.5 Å². The molecule has 12 heteroatoms. The first-order valence-electron chi connectivity index (χ1n) is 14.5. The van der Waals surface area contributed by atoms with Gasteiger partial charge in [-0.15, -0.1) is 0 Å². The SMILES string of the molecule is [2H]CC(=O)OC[C@H]1OC(Oc2ccccc2-c2ccccc2C(=O)OC)[C@@H](OC(=O)C[2H])[C@@H](OC(=O)C[2H])[C@@H]1OC(=O)C[2H]. The zero-order valence-corrected chi connectivity index (χ0v) is 21.4. The second kappa shape index (κ2) is 13.6. The molecule has 2 aromatic carbocycles. The second-order valence-electron chi connectivity index (χ2n) is 8.24. The monoisotopic (exact) mass is 562 g/mol. The lowest BCUT2D eigenvalue weighted by Crippen LogP contribution is -2.63. The van der Waals surface area contributed by atoms with Gasteiger partial charge in [0.2, 0.25) is 12.4 Å². The number of carbonyl (C=O) groups excluding carboxylic acids is 5. The molecule has 0 aromatic heterocycles. The zero-order chi connectivity index (χ0) is 32.2. The van der Waals surface area contributed by atoms with Crippen LogP contribution >= 0.6 is 0 Å². The number of hydrogen-bond donors (Lipinski definition) is 0. The van der Waals surface area contributed by atoms with Crippen molar-refractivity contribution in [2.45, 2.75) is 58.3 Å². The summed E-state index contributed by atoms with van der Waals surface area (Å²) < 4.78 is 67.5. The molecule has 0 spiro atoms. The Bertz CT molecular complexity index is 1340. The third-order valence-electron chi connectivity index (χ3n) is 5.56. The van der Waals surface area contributed by atoms with E-state index in [1.165, 1.54) is 19.2 Å². The maximum absolute atomic E-state index is 12.5. The van der Waals surface area contributed by atoms with Crippen LogP contribution in [0, 0.1) is 0 Å². The number of esters is 5. The number of ether oxygens (including phenoxy) is 7. The summed E-state index contributed by atoms with van der Waals surface area (Å²) in [5.41, 5.74) is 0.950. The van der Waals surface area contributed by atoms with E-state index in [2.05, 4.69) is 0 Å². The summed E-state index contributed by atoms with van der Waals surface area (Å²) in [4.78, 5) is 61.2. The Labute approximate surface area is 236 Å². The fourth-order valence-electron chi connectivity index (χ4n) is 4.06. The fourth-order valence-corrected chi connectivity index (χ4v) is 4.06. The summed E-state index contributed by atoms with van der Waals surface area (Å²) in [5.74, 6) is -4.85. The zero-order valence-electron chi connectivity index (χ0n) is 25.4. The van der Waals surface area contributed by atoms with E-state index in [0.29, 0.717) is 11.1 Å². The van der Waals surface area contributed by atoms with Gasteiger partial charge < -0.3 is 33.2 Å². The van der Waals surface area contributed by atoms with Gasteiger partial charge in [-0.2, -0.15) is 0 Å². The van der Waals surface area contributed by atoms with Gasteiger partial charge in [-0.1, -0.05) is 36.4 Å². The van der Waals surface area contributed by atoms with E-state index in [0.717, 1.165) is 0 Å². The molecule has 2 aromatic rings. The van der Waals surface area contributed by atoms with E-state index in [1.807, 2.05) is 0 Å². The molecule has 0 bridgehead atoms. The van der Waals surface area contributed by atoms with E-state index >= 15 is 0 Å². The molecule has 214 valence electrons. The number of rotatable bonds is 9. The minimum absolute atomic E-state index is 0.0786. The van der Waals surface area contributed by atoms with Crippen molar-refractivity contribution in [2.75, 3.05) is 13.7 Å². The predicted molar refractivity (Wildman–Crippen MR) is 136 cm³/mol.